The fraction of sp³-hybridized carbons (Fsp3) is 0.429. The molecule has 1 aromatic heterocycles. The van der Waals surface area contributed by atoms with Crippen molar-refractivity contribution in [3.8, 4) is 0 Å². The molecule has 5 heteroatoms. The first-order valence-corrected chi connectivity index (χ1v) is 4.51. The highest BCUT2D eigenvalue weighted by atomic mass is 79.9. The Morgan fingerprint density at radius 1 is 1.42 bits per heavy atom. The molecule has 1 N–H and O–H groups in total. The number of hydrogen-bond acceptors (Lipinski definition) is 2. The van der Waals surface area contributed by atoms with Gasteiger partial charge >= 0.3 is 5.69 Å². The molecule has 4 nitrogen and oxygen atoms in total. The maximum atomic E-state index is 11.2. The van der Waals surface area contributed by atoms with Crippen molar-refractivity contribution in [3.05, 3.63) is 31.0 Å². The van der Waals surface area contributed by atoms with Crippen LogP contribution in [0.15, 0.2) is 14.1 Å². The lowest BCUT2D eigenvalue weighted by atomic mass is 10.3. The Morgan fingerprint density at radius 2 is 2.17 bits per heavy atom. The zero-order valence-corrected chi connectivity index (χ0v) is 7.85. The van der Waals surface area contributed by atoms with Crippen molar-refractivity contribution in [3.63, 3.8) is 0 Å². The van der Waals surface area contributed by atoms with E-state index in [9.17, 15) is 9.59 Å². The predicted molar refractivity (Wildman–Crippen MR) is 47.3 cm³/mol. The summed E-state index contributed by atoms with van der Waals surface area (Å²) < 4.78 is 2.10. The molecule has 1 aromatic rings. The van der Waals surface area contributed by atoms with Crippen LogP contribution in [0.4, 0.5) is 0 Å². The molecule has 0 amide bonds. The molecule has 0 atom stereocenters. The van der Waals surface area contributed by atoms with Gasteiger partial charge in [-0.2, -0.15) is 0 Å². The van der Waals surface area contributed by atoms with Crippen molar-refractivity contribution in [1.82, 2.24) is 9.55 Å². The Morgan fingerprint density at radius 3 is 2.92 bits per heavy atom. The molecule has 0 saturated heterocycles. The van der Waals surface area contributed by atoms with Crippen LogP contribution in [0.25, 0.3) is 0 Å². The minimum absolute atomic E-state index is 0.296. The molecule has 12 heavy (non-hydrogen) atoms. The Balaban J connectivity index is 2.87. The first-order valence-electron chi connectivity index (χ1n) is 3.71. The molecule has 0 saturated carbocycles. The quantitative estimate of drug-likeness (QED) is 0.695. The zero-order valence-electron chi connectivity index (χ0n) is 6.26. The summed E-state index contributed by atoms with van der Waals surface area (Å²) in [5, 5.41) is 0. The van der Waals surface area contributed by atoms with E-state index in [0.717, 1.165) is 18.5 Å². The van der Waals surface area contributed by atoms with Crippen molar-refractivity contribution in [2.45, 2.75) is 19.4 Å². The van der Waals surface area contributed by atoms with E-state index >= 15 is 0 Å². The van der Waals surface area contributed by atoms with Gasteiger partial charge in [-0.05, 0) is 28.8 Å². The van der Waals surface area contributed by atoms with Gasteiger partial charge in [-0.15, -0.1) is 0 Å². The molecular weight excluding hydrogens is 224 g/mol. The van der Waals surface area contributed by atoms with Crippen LogP contribution < -0.4 is 11.2 Å². The first kappa shape index (κ1) is 7.79. The van der Waals surface area contributed by atoms with Gasteiger partial charge < -0.3 is 0 Å². The molecule has 2 rings (SSSR count). The minimum Gasteiger partial charge on any atom is -0.297 e. The number of fused-ring (bicyclic) bond motifs is 1. The van der Waals surface area contributed by atoms with Crippen molar-refractivity contribution in [1.29, 1.82) is 0 Å². The zero-order chi connectivity index (χ0) is 8.72. The Kier molecular flexibility index (Phi) is 1.68. The van der Waals surface area contributed by atoms with Gasteiger partial charge in [0.1, 0.15) is 4.47 Å². The monoisotopic (exact) mass is 230 g/mol. The lowest BCUT2D eigenvalue weighted by molar-refractivity contribution is 0.691. The fourth-order valence-electron chi connectivity index (χ4n) is 1.48. The molecule has 0 unspecified atom stereocenters. The normalized spacial score (nSPS) is 14.8. The second-order valence-electron chi connectivity index (χ2n) is 2.78. The molecule has 64 valence electrons. The molecule has 0 radical (unpaired) electrons. The summed E-state index contributed by atoms with van der Waals surface area (Å²) >= 11 is 3.16. The number of aromatic nitrogens is 2. The van der Waals surface area contributed by atoms with Crippen LogP contribution in [0.3, 0.4) is 0 Å². The Labute approximate surface area is 76.4 Å². The van der Waals surface area contributed by atoms with Crippen LogP contribution in [-0.4, -0.2) is 9.55 Å². The first-order chi connectivity index (χ1) is 5.70. The van der Waals surface area contributed by atoms with Gasteiger partial charge in [0.25, 0.3) is 5.56 Å². The molecule has 0 fully saturated rings. The van der Waals surface area contributed by atoms with Gasteiger partial charge in [-0.1, -0.05) is 0 Å². The third-order valence-electron chi connectivity index (χ3n) is 2.04. The predicted octanol–water partition coefficient (Wildman–Crippen LogP) is 0.245. The number of rotatable bonds is 0. The smallest absolute Gasteiger partial charge is 0.297 e. The van der Waals surface area contributed by atoms with Gasteiger partial charge in [0, 0.05) is 12.2 Å². The standard InChI is InChI=1S/C7H7BrN2O2/c8-5-4-2-1-3-10(4)7(12)9-6(5)11/h1-3H2,(H,9,11,12). The number of hydrogen-bond donors (Lipinski definition) is 1. The Bertz CT molecular complexity index is 432. The number of H-pyrrole nitrogens is 1. The Hall–Kier alpha value is -0.840. The van der Waals surface area contributed by atoms with Crippen LogP contribution in [0.5, 0.6) is 0 Å². The third-order valence-corrected chi connectivity index (χ3v) is 2.86. The summed E-state index contributed by atoms with van der Waals surface area (Å²) in [6.45, 7) is 0.712. The second kappa shape index (κ2) is 2.58. The summed E-state index contributed by atoms with van der Waals surface area (Å²) in [5.41, 5.74) is 0.201. The van der Waals surface area contributed by atoms with E-state index in [1.807, 2.05) is 0 Å². The van der Waals surface area contributed by atoms with Gasteiger partial charge in [-0.3, -0.25) is 14.3 Å². The van der Waals surface area contributed by atoms with Crippen LogP contribution in [0.2, 0.25) is 0 Å². The topological polar surface area (TPSA) is 54.9 Å². The summed E-state index contributed by atoms with van der Waals surface area (Å²) in [7, 11) is 0. The summed E-state index contributed by atoms with van der Waals surface area (Å²) in [4.78, 5) is 24.5. The third kappa shape index (κ3) is 0.964. The van der Waals surface area contributed by atoms with Gasteiger partial charge in [-0.25, -0.2) is 4.79 Å². The molecule has 0 aromatic carbocycles. The number of nitrogens with zero attached hydrogens (tertiary/aromatic N) is 1. The number of aromatic amines is 1. The van der Waals surface area contributed by atoms with Gasteiger partial charge in [0.15, 0.2) is 0 Å². The van der Waals surface area contributed by atoms with E-state index in [4.69, 9.17) is 0 Å². The van der Waals surface area contributed by atoms with Gasteiger partial charge in [0.2, 0.25) is 0 Å². The molecular formula is C7H7BrN2O2. The second-order valence-corrected chi connectivity index (χ2v) is 3.57. The highest BCUT2D eigenvalue weighted by Gasteiger charge is 2.16. The van der Waals surface area contributed by atoms with E-state index in [1.54, 1.807) is 4.57 Å². The largest absolute Gasteiger partial charge is 0.328 e. The molecule has 0 aliphatic carbocycles. The van der Waals surface area contributed by atoms with E-state index in [2.05, 4.69) is 20.9 Å². The van der Waals surface area contributed by atoms with E-state index in [0.29, 0.717) is 11.0 Å². The highest BCUT2D eigenvalue weighted by molar-refractivity contribution is 9.10. The lowest BCUT2D eigenvalue weighted by Crippen LogP contribution is -2.30. The van der Waals surface area contributed by atoms with Crippen molar-refractivity contribution < 1.29 is 0 Å². The summed E-state index contributed by atoms with van der Waals surface area (Å²) in [6, 6.07) is 0. The van der Waals surface area contributed by atoms with E-state index in [-0.39, 0.29) is 11.2 Å². The number of halogens is 1. The van der Waals surface area contributed by atoms with Crippen LogP contribution in [0, 0.1) is 0 Å². The maximum Gasteiger partial charge on any atom is 0.328 e. The maximum absolute atomic E-state index is 11.2. The van der Waals surface area contributed by atoms with E-state index < -0.39 is 0 Å². The SMILES string of the molecule is O=c1[nH]c(=O)n2c(c1Br)CCC2. The average Bonchev–Trinajstić information content (AvgIpc) is 2.48. The van der Waals surface area contributed by atoms with Crippen molar-refractivity contribution in [2.24, 2.45) is 0 Å². The summed E-state index contributed by atoms with van der Waals surface area (Å²) in [6.07, 6.45) is 1.74. The molecule has 1 aliphatic heterocycles. The molecule has 0 bridgehead atoms. The van der Waals surface area contributed by atoms with Crippen molar-refractivity contribution in [2.75, 3.05) is 0 Å². The molecule has 0 spiro atoms. The van der Waals surface area contributed by atoms with Gasteiger partial charge in [0.05, 0.1) is 0 Å². The number of nitrogens with one attached hydrogen (secondary N) is 1. The van der Waals surface area contributed by atoms with Crippen LogP contribution in [-0.2, 0) is 13.0 Å². The highest BCUT2D eigenvalue weighted by Crippen LogP contribution is 2.17. The van der Waals surface area contributed by atoms with E-state index in [1.165, 1.54) is 0 Å². The van der Waals surface area contributed by atoms with Crippen molar-refractivity contribution >= 4 is 15.9 Å². The summed E-state index contributed by atoms with van der Waals surface area (Å²) in [5.74, 6) is 0. The lowest BCUT2D eigenvalue weighted by Gasteiger charge is -2.01. The molecule has 1 aliphatic rings. The molecule has 2 heterocycles. The fourth-order valence-corrected chi connectivity index (χ4v) is 1.99. The minimum atomic E-state index is -0.326. The average molecular weight is 231 g/mol. The van der Waals surface area contributed by atoms with Crippen LogP contribution >= 0.6 is 15.9 Å². The van der Waals surface area contributed by atoms with Crippen LogP contribution in [0.1, 0.15) is 12.1 Å².